The molecular weight excluding hydrogens is 346 g/mol. The molecule has 0 atom stereocenters. The van der Waals surface area contributed by atoms with Crippen LogP contribution in [0.3, 0.4) is 0 Å². The van der Waals surface area contributed by atoms with Gasteiger partial charge in [-0.3, -0.25) is 0 Å². The van der Waals surface area contributed by atoms with E-state index in [0.29, 0.717) is 40.4 Å². The predicted molar refractivity (Wildman–Crippen MR) is 88.9 cm³/mol. The van der Waals surface area contributed by atoms with Crippen molar-refractivity contribution in [1.82, 2.24) is 14.9 Å². The lowest BCUT2D eigenvalue weighted by atomic mass is 10.0. The first-order chi connectivity index (χ1) is 12.4. The van der Waals surface area contributed by atoms with Gasteiger partial charge in [-0.15, -0.1) is 0 Å². The Balaban J connectivity index is 2.42. The molecule has 0 fully saturated rings. The van der Waals surface area contributed by atoms with Crippen molar-refractivity contribution in [2.75, 3.05) is 0 Å². The minimum Gasteiger partial charge on any atom is -0.505 e. The van der Waals surface area contributed by atoms with Crippen LogP contribution in [-0.2, 0) is 6.42 Å². The number of aromatic hydroxyl groups is 1. The van der Waals surface area contributed by atoms with Crippen molar-refractivity contribution in [3.8, 4) is 22.7 Å². The molecule has 0 radical (unpaired) electrons. The van der Waals surface area contributed by atoms with Crippen LogP contribution in [0.25, 0.3) is 16.9 Å². The maximum Gasteiger partial charge on any atom is 0.202 e. The molecule has 1 aromatic carbocycles. The monoisotopic (exact) mass is 362 g/mol. The number of hydrogen-bond acceptors (Lipinski definition) is 6. The normalized spacial score (nSPS) is 11.6. The summed E-state index contributed by atoms with van der Waals surface area (Å²) < 4.78 is 34.7. The van der Waals surface area contributed by atoms with Crippen molar-refractivity contribution in [2.45, 2.75) is 27.2 Å². The van der Waals surface area contributed by atoms with Gasteiger partial charge in [0.25, 0.3) is 0 Å². The van der Waals surface area contributed by atoms with Gasteiger partial charge in [-0.25, -0.2) is 9.07 Å². The SMILES string of the molecule is CCc1nn(-c2ccc(O)c(F)c2F)c(-c2c(C)noc2C)c1C=NO. The van der Waals surface area contributed by atoms with Gasteiger partial charge in [-0.2, -0.15) is 9.49 Å². The molecule has 0 amide bonds. The fourth-order valence-electron chi connectivity index (χ4n) is 2.86. The smallest absolute Gasteiger partial charge is 0.202 e. The van der Waals surface area contributed by atoms with Gasteiger partial charge >= 0.3 is 0 Å². The van der Waals surface area contributed by atoms with Gasteiger partial charge in [0, 0.05) is 5.56 Å². The summed E-state index contributed by atoms with van der Waals surface area (Å²) in [5.41, 5.74) is 2.11. The molecule has 9 heteroatoms. The largest absolute Gasteiger partial charge is 0.505 e. The second kappa shape index (κ2) is 6.58. The summed E-state index contributed by atoms with van der Waals surface area (Å²) in [4.78, 5) is 0. The van der Waals surface area contributed by atoms with Crippen molar-refractivity contribution < 1.29 is 23.6 Å². The number of rotatable bonds is 4. The molecule has 0 unspecified atom stereocenters. The molecule has 0 bridgehead atoms. The number of phenols is 1. The van der Waals surface area contributed by atoms with Gasteiger partial charge < -0.3 is 14.8 Å². The Kier molecular flexibility index (Phi) is 4.45. The molecule has 2 heterocycles. The zero-order valence-electron chi connectivity index (χ0n) is 14.3. The minimum atomic E-state index is -1.38. The molecule has 26 heavy (non-hydrogen) atoms. The van der Waals surface area contributed by atoms with E-state index in [4.69, 9.17) is 9.73 Å². The Hall–Kier alpha value is -3.23. The van der Waals surface area contributed by atoms with E-state index < -0.39 is 17.4 Å². The number of oxime groups is 1. The van der Waals surface area contributed by atoms with E-state index >= 15 is 0 Å². The third-order valence-electron chi connectivity index (χ3n) is 4.06. The highest BCUT2D eigenvalue weighted by molar-refractivity contribution is 5.91. The molecule has 3 rings (SSSR count). The summed E-state index contributed by atoms with van der Waals surface area (Å²) in [6.45, 7) is 5.20. The summed E-state index contributed by atoms with van der Waals surface area (Å²) >= 11 is 0. The summed E-state index contributed by atoms with van der Waals surface area (Å²) in [5.74, 6) is -2.99. The third-order valence-corrected chi connectivity index (χ3v) is 4.06. The molecule has 2 aromatic heterocycles. The molecule has 3 aromatic rings. The average molecular weight is 362 g/mol. The number of nitrogens with zero attached hydrogens (tertiary/aromatic N) is 4. The summed E-state index contributed by atoms with van der Waals surface area (Å²) in [6, 6.07) is 2.25. The molecule has 0 saturated heterocycles. The number of phenolic OH excluding ortho intramolecular Hbond substituents is 1. The quantitative estimate of drug-likeness (QED) is 0.421. The van der Waals surface area contributed by atoms with Crippen LogP contribution in [0.1, 0.15) is 29.6 Å². The van der Waals surface area contributed by atoms with Gasteiger partial charge in [-0.05, 0) is 32.4 Å². The zero-order chi connectivity index (χ0) is 19.0. The Labute approximate surface area is 147 Å². The van der Waals surface area contributed by atoms with Crippen molar-refractivity contribution in [2.24, 2.45) is 5.16 Å². The first kappa shape index (κ1) is 17.6. The lowest BCUT2D eigenvalue weighted by Crippen LogP contribution is -2.05. The van der Waals surface area contributed by atoms with E-state index in [1.165, 1.54) is 17.0 Å². The van der Waals surface area contributed by atoms with Crippen LogP contribution < -0.4 is 0 Å². The topological polar surface area (TPSA) is 96.7 Å². The van der Waals surface area contributed by atoms with Crippen LogP contribution in [0.15, 0.2) is 21.8 Å². The zero-order valence-corrected chi connectivity index (χ0v) is 14.3. The Morgan fingerprint density at radius 2 is 2.00 bits per heavy atom. The molecule has 0 aliphatic carbocycles. The molecule has 0 saturated carbocycles. The first-order valence-electron chi connectivity index (χ1n) is 7.80. The molecular formula is C17H16F2N4O3. The first-order valence-corrected chi connectivity index (χ1v) is 7.80. The highest BCUT2D eigenvalue weighted by atomic mass is 19.2. The third kappa shape index (κ3) is 2.61. The molecule has 0 aliphatic rings. The summed E-state index contributed by atoms with van der Waals surface area (Å²) in [6.07, 6.45) is 1.63. The van der Waals surface area contributed by atoms with Gasteiger partial charge in [0.2, 0.25) is 5.82 Å². The highest BCUT2D eigenvalue weighted by Gasteiger charge is 2.26. The molecule has 7 nitrogen and oxygen atoms in total. The number of benzene rings is 1. The van der Waals surface area contributed by atoms with E-state index in [2.05, 4.69) is 15.4 Å². The van der Waals surface area contributed by atoms with Gasteiger partial charge in [0.15, 0.2) is 11.6 Å². The highest BCUT2D eigenvalue weighted by Crippen LogP contribution is 2.35. The van der Waals surface area contributed by atoms with Gasteiger partial charge in [0.1, 0.15) is 11.4 Å². The molecule has 2 N–H and O–H groups in total. The van der Waals surface area contributed by atoms with Crippen molar-refractivity contribution in [3.63, 3.8) is 0 Å². The van der Waals surface area contributed by atoms with E-state index in [1.54, 1.807) is 13.8 Å². The Bertz CT molecular complexity index is 989. The fraction of sp³-hybridized carbons (Fsp3) is 0.235. The van der Waals surface area contributed by atoms with E-state index in [0.717, 1.165) is 6.07 Å². The van der Waals surface area contributed by atoms with Crippen LogP contribution >= 0.6 is 0 Å². The average Bonchev–Trinajstić information content (AvgIpc) is 3.13. The van der Waals surface area contributed by atoms with Crippen LogP contribution in [0.4, 0.5) is 8.78 Å². The number of hydrogen-bond donors (Lipinski definition) is 2. The van der Waals surface area contributed by atoms with Crippen molar-refractivity contribution >= 4 is 6.21 Å². The molecule has 0 spiro atoms. The number of halogens is 2. The minimum absolute atomic E-state index is 0.206. The van der Waals surface area contributed by atoms with Crippen LogP contribution in [0.5, 0.6) is 5.75 Å². The standard InChI is InChI=1S/C17H16F2N4O3/c1-4-11-10(7-20-25)17(14-8(2)22-26-9(14)3)23(21-11)12-5-6-13(24)16(19)15(12)18/h5-7,24-25H,4H2,1-3H3. The summed E-state index contributed by atoms with van der Waals surface area (Å²) in [5, 5.41) is 29.7. The van der Waals surface area contributed by atoms with E-state index in [9.17, 15) is 13.9 Å². The van der Waals surface area contributed by atoms with E-state index in [1.807, 2.05) is 6.92 Å². The fourth-order valence-corrected chi connectivity index (χ4v) is 2.86. The van der Waals surface area contributed by atoms with Crippen LogP contribution in [-0.4, -0.2) is 31.5 Å². The Morgan fingerprint density at radius 3 is 2.58 bits per heavy atom. The number of aryl methyl sites for hydroxylation is 3. The maximum absolute atomic E-state index is 14.5. The summed E-state index contributed by atoms with van der Waals surface area (Å²) in [7, 11) is 0. The predicted octanol–water partition coefficient (Wildman–Crippen LogP) is 3.50. The van der Waals surface area contributed by atoms with E-state index in [-0.39, 0.29) is 5.69 Å². The van der Waals surface area contributed by atoms with Crippen molar-refractivity contribution in [1.29, 1.82) is 0 Å². The van der Waals surface area contributed by atoms with Crippen LogP contribution in [0.2, 0.25) is 0 Å². The van der Waals surface area contributed by atoms with Crippen molar-refractivity contribution in [3.05, 3.63) is 46.5 Å². The lowest BCUT2D eigenvalue weighted by Gasteiger charge is -2.10. The number of aromatic nitrogens is 3. The second-order valence-electron chi connectivity index (χ2n) is 5.65. The second-order valence-corrected chi connectivity index (χ2v) is 5.65. The van der Waals surface area contributed by atoms with Gasteiger partial charge in [0.05, 0.1) is 28.9 Å². The maximum atomic E-state index is 14.5. The van der Waals surface area contributed by atoms with Crippen LogP contribution in [0, 0.1) is 25.5 Å². The molecule has 0 aliphatic heterocycles. The molecule has 136 valence electrons. The van der Waals surface area contributed by atoms with Gasteiger partial charge in [-0.1, -0.05) is 17.2 Å². The Morgan fingerprint density at radius 1 is 1.27 bits per heavy atom. The lowest BCUT2D eigenvalue weighted by molar-refractivity contribution is 0.322.